The van der Waals surface area contributed by atoms with Gasteiger partial charge in [-0.15, -0.1) is 0 Å². The summed E-state index contributed by atoms with van der Waals surface area (Å²) in [6.45, 7) is 6.24. The summed E-state index contributed by atoms with van der Waals surface area (Å²) < 4.78 is 0.942. The van der Waals surface area contributed by atoms with E-state index >= 15 is 0 Å². The highest BCUT2D eigenvalue weighted by atomic mass is 35.5. The molecule has 9 heteroatoms. The van der Waals surface area contributed by atoms with Crippen LogP contribution in [0, 0.1) is 12.8 Å². The largest absolute Gasteiger partial charge is 0.348 e. The number of nitrogens with zero attached hydrogens (tertiary/aromatic N) is 4. The second kappa shape index (κ2) is 8.85. The molecule has 1 amide bonds. The van der Waals surface area contributed by atoms with Crippen molar-refractivity contribution in [3.05, 3.63) is 35.1 Å². The number of carbonyl (C=O) groups is 1. The molecule has 0 atom stereocenters. The van der Waals surface area contributed by atoms with E-state index in [1.54, 1.807) is 11.3 Å². The van der Waals surface area contributed by atoms with Gasteiger partial charge < -0.3 is 10.2 Å². The fourth-order valence-corrected chi connectivity index (χ4v) is 5.34. The number of piperidine rings is 1. The molecule has 0 unspecified atom stereocenters. The van der Waals surface area contributed by atoms with Gasteiger partial charge in [0.05, 0.1) is 5.75 Å². The standard InChI is InChI=1S/C20H22ClN5OS2/c1-12-6-8-26(9-7-12)20-25-18-17(29-20)19(23-11-22-18)28-10-16(27)24-15-5-3-4-14(21)13(15)2/h3-5,11-12H,6-10H2,1-2H3,(H,24,27). The maximum atomic E-state index is 12.4. The summed E-state index contributed by atoms with van der Waals surface area (Å²) in [5, 5.41) is 5.35. The van der Waals surface area contributed by atoms with Crippen molar-refractivity contribution in [3.8, 4) is 0 Å². The Morgan fingerprint density at radius 3 is 2.93 bits per heavy atom. The summed E-state index contributed by atoms with van der Waals surface area (Å²) in [4.78, 5) is 28.2. The Bertz CT molecular complexity index is 1030. The number of aromatic nitrogens is 3. The van der Waals surface area contributed by atoms with Gasteiger partial charge in [0, 0.05) is 23.8 Å². The van der Waals surface area contributed by atoms with Gasteiger partial charge in [0.1, 0.15) is 16.1 Å². The van der Waals surface area contributed by atoms with E-state index in [4.69, 9.17) is 16.6 Å². The Morgan fingerprint density at radius 2 is 2.14 bits per heavy atom. The van der Waals surface area contributed by atoms with Crippen LogP contribution in [0.5, 0.6) is 0 Å². The minimum Gasteiger partial charge on any atom is -0.348 e. The number of nitrogens with one attached hydrogen (secondary N) is 1. The first kappa shape index (κ1) is 20.4. The summed E-state index contributed by atoms with van der Waals surface area (Å²) in [6, 6.07) is 5.48. The number of thioether (sulfide) groups is 1. The lowest BCUT2D eigenvalue weighted by Gasteiger charge is -2.29. The van der Waals surface area contributed by atoms with Crippen LogP contribution in [0.2, 0.25) is 5.02 Å². The second-order valence-electron chi connectivity index (χ2n) is 7.25. The zero-order valence-electron chi connectivity index (χ0n) is 16.3. The molecular weight excluding hydrogens is 426 g/mol. The lowest BCUT2D eigenvalue weighted by atomic mass is 10.00. The summed E-state index contributed by atoms with van der Waals surface area (Å²) in [5.41, 5.74) is 2.29. The van der Waals surface area contributed by atoms with E-state index in [1.165, 1.54) is 30.9 Å². The van der Waals surface area contributed by atoms with E-state index in [9.17, 15) is 4.79 Å². The Balaban J connectivity index is 1.45. The number of carbonyl (C=O) groups excluding carboxylic acids is 1. The Morgan fingerprint density at radius 1 is 1.34 bits per heavy atom. The summed E-state index contributed by atoms with van der Waals surface area (Å²) in [6.07, 6.45) is 3.89. The normalized spacial score (nSPS) is 15.1. The van der Waals surface area contributed by atoms with E-state index in [2.05, 4.69) is 27.1 Å². The summed E-state index contributed by atoms with van der Waals surface area (Å²) in [5.74, 6) is 0.932. The van der Waals surface area contributed by atoms with Crippen LogP contribution in [0.3, 0.4) is 0 Å². The van der Waals surface area contributed by atoms with Crippen molar-refractivity contribution >= 4 is 61.8 Å². The smallest absolute Gasteiger partial charge is 0.234 e. The number of rotatable bonds is 5. The van der Waals surface area contributed by atoms with Crippen LogP contribution in [-0.2, 0) is 4.79 Å². The molecule has 29 heavy (non-hydrogen) atoms. The van der Waals surface area contributed by atoms with Crippen molar-refractivity contribution in [2.45, 2.75) is 31.7 Å². The monoisotopic (exact) mass is 447 g/mol. The fourth-order valence-electron chi connectivity index (χ4n) is 3.22. The summed E-state index contributed by atoms with van der Waals surface area (Å²) in [7, 11) is 0. The van der Waals surface area contributed by atoms with Crippen LogP contribution in [0.15, 0.2) is 29.6 Å². The predicted molar refractivity (Wildman–Crippen MR) is 121 cm³/mol. The molecule has 2 aromatic heterocycles. The Hall–Kier alpha value is -1.90. The van der Waals surface area contributed by atoms with Crippen LogP contribution in [0.4, 0.5) is 10.8 Å². The molecule has 3 heterocycles. The van der Waals surface area contributed by atoms with Crippen molar-refractivity contribution < 1.29 is 4.79 Å². The zero-order valence-corrected chi connectivity index (χ0v) is 18.7. The van der Waals surface area contributed by atoms with Crippen LogP contribution in [0.1, 0.15) is 25.3 Å². The average Bonchev–Trinajstić information content (AvgIpc) is 3.15. The number of fused-ring (bicyclic) bond motifs is 1. The van der Waals surface area contributed by atoms with Gasteiger partial charge in [-0.05, 0) is 43.4 Å². The molecule has 0 aliphatic carbocycles. The molecule has 1 aliphatic heterocycles. The lowest BCUT2D eigenvalue weighted by molar-refractivity contribution is -0.113. The number of hydrogen-bond acceptors (Lipinski definition) is 7. The molecule has 1 fully saturated rings. The van der Waals surface area contributed by atoms with Gasteiger partial charge in [0.2, 0.25) is 5.91 Å². The van der Waals surface area contributed by atoms with Gasteiger partial charge in [-0.2, -0.15) is 4.98 Å². The second-order valence-corrected chi connectivity index (χ2v) is 9.60. The van der Waals surface area contributed by atoms with Gasteiger partial charge in [0.25, 0.3) is 0 Å². The van der Waals surface area contributed by atoms with Crippen molar-refractivity contribution in [2.75, 3.05) is 29.1 Å². The first-order chi connectivity index (χ1) is 14.0. The minimum absolute atomic E-state index is 0.0955. The van der Waals surface area contributed by atoms with Crippen LogP contribution in [0.25, 0.3) is 10.3 Å². The van der Waals surface area contributed by atoms with Gasteiger partial charge in [0.15, 0.2) is 10.8 Å². The molecule has 1 saturated heterocycles. The SMILES string of the molecule is Cc1c(Cl)cccc1NC(=O)CSc1ncnc2nc(N3CCC(C)CC3)sc12. The molecular formula is C20H22ClN5OS2. The molecule has 1 N–H and O–H groups in total. The van der Waals surface area contributed by atoms with Gasteiger partial charge in [-0.1, -0.05) is 47.7 Å². The highest BCUT2D eigenvalue weighted by Crippen LogP contribution is 2.35. The molecule has 152 valence electrons. The van der Waals surface area contributed by atoms with Crippen LogP contribution in [-0.4, -0.2) is 39.7 Å². The average molecular weight is 448 g/mol. The highest BCUT2D eigenvalue weighted by Gasteiger charge is 2.21. The number of benzene rings is 1. The van der Waals surface area contributed by atoms with Crippen molar-refractivity contribution in [2.24, 2.45) is 5.92 Å². The molecule has 1 aliphatic rings. The minimum atomic E-state index is -0.0955. The van der Waals surface area contributed by atoms with E-state index in [0.29, 0.717) is 10.7 Å². The Kier molecular flexibility index (Phi) is 6.22. The third-order valence-electron chi connectivity index (χ3n) is 5.08. The van der Waals surface area contributed by atoms with Gasteiger partial charge in [-0.3, -0.25) is 4.79 Å². The van der Waals surface area contributed by atoms with Crippen molar-refractivity contribution in [3.63, 3.8) is 0 Å². The zero-order chi connectivity index (χ0) is 20.4. The molecule has 0 saturated carbocycles. The molecule has 4 rings (SSSR count). The quantitative estimate of drug-likeness (QED) is 0.437. The predicted octanol–water partition coefficient (Wildman–Crippen LogP) is 5.02. The number of halogens is 1. The van der Waals surface area contributed by atoms with Gasteiger partial charge >= 0.3 is 0 Å². The van der Waals surface area contributed by atoms with E-state index in [-0.39, 0.29) is 11.7 Å². The first-order valence-corrected chi connectivity index (χ1v) is 11.7. The maximum Gasteiger partial charge on any atom is 0.234 e. The Labute approximate surface area is 183 Å². The molecule has 0 bridgehead atoms. The van der Waals surface area contributed by atoms with Crippen molar-refractivity contribution in [1.82, 2.24) is 15.0 Å². The number of thiazole rings is 1. The molecule has 0 spiro atoms. The molecule has 3 aromatic rings. The van der Waals surface area contributed by atoms with Crippen LogP contribution >= 0.6 is 34.7 Å². The van der Waals surface area contributed by atoms with Crippen LogP contribution < -0.4 is 10.2 Å². The van der Waals surface area contributed by atoms with E-state index in [0.717, 1.165) is 45.1 Å². The lowest BCUT2D eigenvalue weighted by Crippen LogP contribution is -2.32. The highest BCUT2D eigenvalue weighted by molar-refractivity contribution is 8.00. The third-order valence-corrected chi connectivity index (χ3v) is 7.72. The topological polar surface area (TPSA) is 71.0 Å². The number of anilines is 2. The third kappa shape index (κ3) is 4.65. The summed E-state index contributed by atoms with van der Waals surface area (Å²) >= 11 is 9.14. The van der Waals surface area contributed by atoms with E-state index < -0.39 is 0 Å². The molecule has 6 nitrogen and oxygen atoms in total. The molecule has 1 aromatic carbocycles. The van der Waals surface area contributed by atoms with Crippen molar-refractivity contribution in [1.29, 1.82) is 0 Å². The van der Waals surface area contributed by atoms with Gasteiger partial charge in [-0.25, -0.2) is 9.97 Å². The number of amides is 1. The first-order valence-electron chi connectivity index (χ1n) is 9.55. The molecule has 0 radical (unpaired) electrons. The maximum absolute atomic E-state index is 12.4. The fraction of sp³-hybridized carbons (Fsp3) is 0.400. The number of hydrogen-bond donors (Lipinski definition) is 1. The van der Waals surface area contributed by atoms with E-state index in [1.807, 2.05) is 25.1 Å².